The second-order valence-corrected chi connectivity index (χ2v) is 15.3. The molecule has 4 rings (SSSR count). The molecule has 0 radical (unpaired) electrons. The lowest BCUT2D eigenvalue weighted by Gasteiger charge is -2.29. The molecule has 3 heterocycles. The molecule has 1 amide bonds. The van der Waals surface area contributed by atoms with Gasteiger partial charge < -0.3 is 9.30 Å². The van der Waals surface area contributed by atoms with Gasteiger partial charge in [0, 0.05) is 25.3 Å². The molecule has 0 unspecified atom stereocenters. The van der Waals surface area contributed by atoms with Gasteiger partial charge in [-0.05, 0) is 50.1 Å². The van der Waals surface area contributed by atoms with E-state index in [0.29, 0.717) is 27.4 Å². The van der Waals surface area contributed by atoms with Crippen molar-refractivity contribution >= 4 is 76.2 Å². The summed E-state index contributed by atoms with van der Waals surface area (Å²) in [6.07, 6.45) is 1.69. The van der Waals surface area contributed by atoms with Crippen LogP contribution in [-0.2, 0) is 40.7 Å². The van der Waals surface area contributed by atoms with Gasteiger partial charge in [0.2, 0.25) is 0 Å². The number of thiazole rings is 1. The van der Waals surface area contributed by atoms with Crippen molar-refractivity contribution in [3.63, 3.8) is 0 Å². The minimum absolute atomic E-state index is 0.114. The first-order valence-corrected chi connectivity index (χ1v) is 16.6. The fourth-order valence-corrected chi connectivity index (χ4v) is 8.85. The zero-order valence-corrected chi connectivity index (χ0v) is 23.9. The molecule has 0 atom stereocenters. The van der Waals surface area contributed by atoms with Gasteiger partial charge in [-0.1, -0.05) is 22.9 Å². The van der Waals surface area contributed by atoms with Gasteiger partial charge >= 0.3 is 5.97 Å². The molecule has 1 aliphatic rings. The Morgan fingerprint density at radius 2 is 1.81 bits per heavy atom. The highest BCUT2D eigenvalue weighted by atomic mass is 35.5. The smallest absolute Gasteiger partial charge is 0.326 e. The summed E-state index contributed by atoms with van der Waals surface area (Å²) in [7, 11) is -7.14. The zero-order valence-electron chi connectivity index (χ0n) is 19.9. The van der Waals surface area contributed by atoms with Crippen LogP contribution in [0.2, 0.25) is 4.34 Å². The molecule has 0 spiro atoms. The third-order valence-corrected chi connectivity index (χ3v) is 11.6. The lowest BCUT2D eigenvalue weighted by molar-refractivity contribution is -0.143. The topological polar surface area (TPSA) is 132 Å². The van der Waals surface area contributed by atoms with E-state index < -0.39 is 37.7 Å². The Balaban J connectivity index is 1.60. The average molecular weight is 606 g/mol. The number of ether oxygens (including phenoxy) is 1. The first-order valence-electron chi connectivity index (χ1n) is 11.2. The lowest BCUT2D eigenvalue weighted by atomic mass is 9.98. The first kappa shape index (κ1) is 27.9. The van der Waals surface area contributed by atoms with Crippen LogP contribution < -0.4 is 4.80 Å². The maximum atomic E-state index is 13.1. The number of sulfonamides is 1. The van der Waals surface area contributed by atoms with Crippen molar-refractivity contribution < 1.29 is 31.2 Å². The van der Waals surface area contributed by atoms with Crippen LogP contribution in [-0.4, -0.2) is 63.5 Å². The highest BCUT2D eigenvalue weighted by Crippen LogP contribution is 2.31. The minimum atomic E-state index is -3.69. The van der Waals surface area contributed by atoms with Crippen molar-refractivity contribution in [2.75, 3.05) is 26.0 Å². The van der Waals surface area contributed by atoms with E-state index in [1.807, 2.05) is 0 Å². The number of hydrogen-bond acceptors (Lipinski definition) is 9. The van der Waals surface area contributed by atoms with Gasteiger partial charge in [-0.25, -0.2) is 16.8 Å². The molecule has 0 N–H and O–H groups in total. The van der Waals surface area contributed by atoms with Crippen LogP contribution in [0.25, 0.3) is 10.2 Å². The molecule has 0 bridgehead atoms. The van der Waals surface area contributed by atoms with Gasteiger partial charge in [-0.3, -0.25) is 9.59 Å². The minimum Gasteiger partial charge on any atom is -0.465 e. The summed E-state index contributed by atoms with van der Waals surface area (Å²) >= 11 is 7.97. The van der Waals surface area contributed by atoms with E-state index in [2.05, 4.69) is 4.99 Å². The van der Waals surface area contributed by atoms with E-state index in [-0.39, 0.29) is 40.1 Å². The third-order valence-electron chi connectivity index (χ3n) is 5.83. The molecule has 0 aliphatic carbocycles. The number of hydrogen-bond donors (Lipinski definition) is 0. The number of piperidine rings is 1. The highest BCUT2D eigenvalue weighted by Gasteiger charge is 2.33. The Morgan fingerprint density at radius 1 is 1.11 bits per heavy atom. The van der Waals surface area contributed by atoms with Crippen molar-refractivity contribution in [3.05, 3.63) is 39.5 Å². The Hall–Kier alpha value is -2.10. The van der Waals surface area contributed by atoms with E-state index >= 15 is 0 Å². The fraction of sp³-hybridized carbons (Fsp3) is 0.409. The van der Waals surface area contributed by atoms with Crippen LogP contribution in [0.1, 0.15) is 19.8 Å². The number of amides is 1. The van der Waals surface area contributed by atoms with E-state index in [1.165, 1.54) is 33.1 Å². The second-order valence-electron chi connectivity index (χ2n) is 8.36. The van der Waals surface area contributed by atoms with Gasteiger partial charge in [0.05, 0.1) is 26.1 Å². The Labute approximate surface area is 227 Å². The number of nitrogens with zero attached hydrogens (tertiary/aromatic N) is 3. The predicted octanol–water partition coefficient (Wildman–Crippen LogP) is 2.91. The van der Waals surface area contributed by atoms with Crippen molar-refractivity contribution in [1.82, 2.24) is 8.87 Å². The maximum Gasteiger partial charge on any atom is 0.326 e. The third kappa shape index (κ3) is 6.15. The lowest BCUT2D eigenvalue weighted by Crippen LogP contribution is -2.40. The van der Waals surface area contributed by atoms with Gasteiger partial charge in [0.1, 0.15) is 10.8 Å². The molecule has 0 saturated carbocycles. The molecular formula is C22H24ClN3O7S4. The van der Waals surface area contributed by atoms with Crippen molar-refractivity contribution in [3.8, 4) is 0 Å². The molecule has 37 heavy (non-hydrogen) atoms. The molecule has 200 valence electrons. The quantitative estimate of drug-likeness (QED) is 0.378. The number of halogens is 1. The summed E-state index contributed by atoms with van der Waals surface area (Å²) in [5.41, 5.74) is 0.549. The monoisotopic (exact) mass is 605 g/mol. The average Bonchev–Trinajstić information content (AvgIpc) is 3.42. The summed E-state index contributed by atoms with van der Waals surface area (Å²) < 4.78 is 58.7. The fourth-order valence-electron chi connectivity index (χ4n) is 3.95. The van der Waals surface area contributed by atoms with Crippen molar-refractivity contribution in [2.24, 2.45) is 10.9 Å². The molecule has 1 aromatic carbocycles. The SMILES string of the molecule is CCOC(=O)Cn1c(=NC(=O)C2CCN(S(=O)(=O)c3ccc(Cl)s3)CC2)sc2cc(S(C)(=O)=O)ccc21. The molecule has 1 saturated heterocycles. The largest absolute Gasteiger partial charge is 0.465 e. The Bertz CT molecular complexity index is 1630. The normalized spacial score (nSPS) is 16.4. The number of sulfone groups is 1. The molecule has 15 heteroatoms. The molecule has 3 aromatic rings. The van der Waals surface area contributed by atoms with Gasteiger partial charge in [-0.2, -0.15) is 9.30 Å². The van der Waals surface area contributed by atoms with Crippen molar-refractivity contribution in [1.29, 1.82) is 0 Å². The first-order chi connectivity index (χ1) is 17.4. The van der Waals surface area contributed by atoms with Crippen LogP contribution in [0.3, 0.4) is 0 Å². The predicted molar refractivity (Wildman–Crippen MR) is 141 cm³/mol. The van der Waals surface area contributed by atoms with Crippen LogP contribution in [0.4, 0.5) is 0 Å². The summed E-state index contributed by atoms with van der Waals surface area (Å²) in [6.45, 7) is 2.00. The summed E-state index contributed by atoms with van der Waals surface area (Å²) in [4.78, 5) is 30.0. The van der Waals surface area contributed by atoms with E-state index in [9.17, 15) is 26.4 Å². The van der Waals surface area contributed by atoms with Crippen LogP contribution >= 0.6 is 34.3 Å². The Kier molecular flexibility index (Phi) is 8.26. The Morgan fingerprint density at radius 3 is 2.41 bits per heavy atom. The van der Waals surface area contributed by atoms with Crippen molar-refractivity contribution in [2.45, 2.75) is 35.4 Å². The van der Waals surface area contributed by atoms with Crippen LogP contribution in [0.15, 0.2) is 44.4 Å². The highest BCUT2D eigenvalue weighted by molar-refractivity contribution is 7.91. The maximum absolute atomic E-state index is 13.1. The number of rotatable bonds is 7. The zero-order chi connectivity index (χ0) is 27.0. The number of carbonyl (C=O) groups is 2. The number of thiophene rings is 1. The van der Waals surface area contributed by atoms with Crippen LogP contribution in [0.5, 0.6) is 0 Å². The number of esters is 1. The summed E-state index contributed by atoms with van der Waals surface area (Å²) in [5, 5.41) is 0. The number of fused-ring (bicyclic) bond motifs is 1. The van der Waals surface area contributed by atoms with E-state index in [4.69, 9.17) is 16.3 Å². The summed E-state index contributed by atoms with van der Waals surface area (Å²) in [5.74, 6) is -1.44. The number of benzene rings is 1. The molecule has 1 fully saturated rings. The number of carbonyl (C=O) groups excluding carboxylic acids is 2. The van der Waals surface area contributed by atoms with Gasteiger partial charge in [-0.15, -0.1) is 11.3 Å². The molecule has 2 aromatic heterocycles. The molecule has 10 nitrogen and oxygen atoms in total. The van der Waals surface area contributed by atoms with Gasteiger partial charge in [0.25, 0.3) is 15.9 Å². The molecule has 1 aliphatic heterocycles. The number of aromatic nitrogens is 1. The van der Waals surface area contributed by atoms with E-state index in [1.54, 1.807) is 13.0 Å². The van der Waals surface area contributed by atoms with E-state index in [0.717, 1.165) is 28.9 Å². The van der Waals surface area contributed by atoms with Gasteiger partial charge in [0.15, 0.2) is 14.6 Å². The molecular weight excluding hydrogens is 582 g/mol. The van der Waals surface area contributed by atoms with Crippen LogP contribution in [0, 0.1) is 5.92 Å². The second kappa shape index (κ2) is 10.9. The standard InChI is InChI=1S/C22H24ClN3O7S4/c1-3-33-19(27)13-26-16-5-4-15(36(2,29)30)12-17(16)34-22(26)24-21(28)14-8-10-25(11-9-14)37(31,32)20-7-6-18(23)35-20/h4-7,12,14H,3,8-11,13H2,1-2H3. The summed E-state index contributed by atoms with van der Waals surface area (Å²) in [6, 6.07) is 7.50.